The molecule has 14 heavy (non-hydrogen) atoms. The van der Waals surface area contributed by atoms with Gasteiger partial charge in [-0.05, 0) is 32.2 Å². The Morgan fingerprint density at radius 1 is 0.929 bits per heavy atom. The van der Waals surface area contributed by atoms with Crippen molar-refractivity contribution in [2.24, 2.45) is 0 Å². The van der Waals surface area contributed by atoms with Crippen LogP contribution in [0.4, 0.5) is 0 Å². The molecule has 2 rings (SSSR count). The number of hydrogen-bond acceptors (Lipinski definition) is 2. The zero-order chi connectivity index (χ0) is 9.64. The minimum atomic E-state index is 0.755. The third-order valence-corrected chi connectivity index (χ3v) is 3.67. The molecule has 0 aromatic carbocycles. The Bertz CT molecular complexity index is 128. The van der Waals surface area contributed by atoms with Crippen molar-refractivity contribution in [3.8, 4) is 0 Å². The second-order valence-electron chi connectivity index (χ2n) is 4.89. The highest BCUT2D eigenvalue weighted by atomic mass is 15.0. The van der Waals surface area contributed by atoms with Crippen LogP contribution in [-0.4, -0.2) is 25.2 Å². The molecule has 1 saturated heterocycles. The predicted octanol–water partition coefficient (Wildman–Crippen LogP) is 2.05. The molecule has 0 aromatic heterocycles. The van der Waals surface area contributed by atoms with Crippen LogP contribution in [0.25, 0.3) is 0 Å². The molecule has 2 N–H and O–H groups in total. The third kappa shape index (κ3) is 3.25. The van der Waals surface area contributed by atoms with E-state index in [2.05, 4.69) is 10.6 Å². The fourth-order valence-corrected chi connectivity index (χ4v) is 2.71. The normalized spacial score (nSPS) is 30.4. The van der Waals surface area contributed by atoms with Crippen LogP contribution in [0.3, 0.4) is 0 Å². The fraction of sp³-hybridized carbons (Fsp3) is 1.00. The minimum Gasteiger partial charge on any atom is -0.313 e. The number of rotatable bonds is 3. The molecule has 0 bridgehead atoms. The molecule has 0 amide bonds. The van der Waals surface area contributed by atoms with E-state index in [1.807, 2.05) is 0 Å². The van der Waals surface area contributed by atoms with Gasteiger partial charge < -0.3 is 10.6 Å². The standard InChI is InChI=1S/C12H24N2/c1-2-6-11(7-3-1)14-10-12-8-4-5-9-13-12/h11-14H,1-10H2/t12-/m0/s1. The van der Waals surface area contributed by atoms with Crippen molar-refractivity contribution >= 4 is 0 Å². The molecule has 1 atom stereocenters. The van der Waals surface area contributed by atoms with Crippen molar-refractivity contribution in [3.05, 3.63) is 0 Å². The van der Waals surface area contributed by atoms with Crippen molar-refractivity contribution in [3.63, 3.8) is 0 Å². The molecule has 1 aliphatic heterocycles. The predicted molar refractivity (Wildman–Crippen MR) is 60.5 cm³/mol. The molecule has 2 nitrogen and oxygen atoms in total. The summed E-state index contributed by atoms with van der Waals surface area (Å²) in [5.74, 6) is 0. The summed E-state index contributed by atoms with van der Waals surface area (Å²) < 4.78 is 0. The van der Waals surface area contributed by atoms with Crippen molar-refractivity contribution in [2.75, 3.05) is 13.1 Å². The molecule has 0 aromatic rings. The fourth-order valence-electron chi connectivity index (χ4n) is 2.71. The highest BCUT2D eigenvalue weighted by Crippen LogP contribution is 2.17. The summed E-state index contributed by atoms with van der Waals surface area (Å²) in [5, 5.41) is 7.32. The smallest absolute Gasteiger partial charge is 0.0192 e. The van der Waals surface area contributed by atoms with Gasteiger partial charge in [0.15, 0.2) is 0 Å². The summed E-state index contributed by atoms with van der Waals surface area (Å²) in [6.07, 6.45) is 11.3. The highest BCUT2D eigenvalue weighted by molar-refractivity contribution is 4.78. The summed E-state index contributed by atoms with van der Waals surface area (Å²) in [7, 11) is 0. The van der Waals surface area contributed by atoms with Crippen molar-refractivity contribution in [1.29, 1.82) is 0 Å². The van der Waals surface area contributed by atoms with Gasteiger partial charge in [0, 0.05) is 18.6 Å². The lowest BCUT2D eigenvalue weighted by Gasteiger charge is -2.28. The number of piperidine rings is 1. The van der Waals surface area contributed by atoms with Gasteiger partial charge >= 0.3 is 0 Å². The van der Waals surface area contributed by atoms with Crippen LogP contribution < -0.4 is 10.6 Å². The van der Waals surface area contributed by atoms with E-state index in [-0.39, 0.29) is 0 Å². The Balaban J connectivity index is 1.60. The molecule has 2 aliphatic rings. The lowest BCUT2D eigenvalue weighted by molar-refractivity contribution is 0.326. The monoisotopic (exact) mass is 196 g/mol. The van der Waals surface area contributed by atoms with Gasteiger partial charge in [-0.25, -0.2) is 0 Å². The molecular formula is C12H24N2. The largest absolute Gasteiger partial charge is 0.313 e. The lowest BCUT2D eigenvalue weighted by Crippen LogP contribution is -2.45. The second kappa shape index (κ2) is 5.72. The molecule has 2 fully saturated rings. The zero-order valence-corrected chi connectivity index (χ0v) is 9.23. The second-order valence-corrected chi connectivity index (χ2v) is 4.89. The summed E-state index contributed by atoms with van der Waals surface area (Å²) in [6.45, 7) is 2.43. The third-order valence-electron chi connectivity index (χ3n) is 3.67. The van der Waals surface area contributed by atoms with Crippen LogP contribution in [0.5, 0.6) is 0 Å². The maximum atomic E-state index is 3.73. The summed E-state index contributed by atoms with van der Waals surface area (Å²) >= 11 is 0. The molecule has 0 unspecified atom stereocenters. The van der Waals surface area contributed by atoms with Gasteiger partial charge in [0.1, 0.15) is 0 Å². The first-order valence-corrected chi connectivity index (χ1v) is 6.42. The number of hydrogen-bond donors (Lipinski definition) is 2. The molecule has 0 spiro atoms. The lowest BCUT2D eigenvalue weighted by atomic mass is 9.95. The Hall–Kier alpha value is -0.0800. The van der Waals surface area contributed by atoms with Gasteiger partial charge in [-0.3, -0.25) is 0 Å². The molecular weight excluding hydrogens is 172 g/mol. The van der Waals surface area contributed by atoms with E-state index in [9.17, 15) is 0 Å². The summed E-state index contributed by atoms with van der Waals surface area (Å²) in [6, 6.07) is 1.58. The van der Waals surface area contributed by atoms with Gasteiger partial charge in [-0.2, -0.15) is 0 Å². The van der Waals surface area contributed by atoms with Crippen molar-refractivity contribution < 1.29 is 0 Å². The Morgan fingerprint density at radius 3 is 2.43 bits per heavy atom. The number of nitrogens with one attached hydrogen (secondary N) is 2. The van der Waals surface area contributed by atoms with Gasteiger partial charge in [-0.1, -0.05) is 25.7 Å². The first-order chi connectivity index (χ1) is 6.95. The Labute approximate surface area is 87.8 Å². The molecule has 1 saturated carbocycles. The van der Waals surface area contributed by atoms with Crippen LogP contribution in [0.2, 0.25) is 0 Å². The quantitative estimate of drug-likeness (QED) is 0.722. The van der Waals surface area contributed by atoms with Gasteiger partial charge in [0.2, 0.25) is 0 Å². The van der Waals surface area contributed by atoms with E-state index in [1.165, 1.54) is 64.5 Å². The average Bonchev–Trinajstić information content (AvgIpc) is 2.29. The first kappa shape index (κ1) is 10.4. The molecule has 1 aliphatic carbocycles. The van der Waals surface area contributed by atoms with Crippen LogP contribution in [0, 0.1) is 0 Å². The van der Waals surface area contributed by atoms with Crippen molar-refractivity contribution in [1.82, 2.24) is 10.6 Å². The van der Waals surface area contributed by atoms with E-state index < -0.39 is 0 Å². The zero-order valence-electron chi connectivity index (χ0n) is 9.23. The van der Waals surface area contributed by atoms with Crippen LogP contribution in [0.1, 0.15) is 51.4 Å². The maximum absolute atomic E-state index is 3.73. The van der Waals surface area contributed by atoms with Gasteiger partial charge in [0.25, 0.3) is 0 Å². The average molecular weight is 196 g/mol. The van der Waals surface area contributed by atoms with E-state index in [1.54, 1.807) is 0 Å². The SMILES string of the molecule is C1CCC(NC[C@@H]2CCCCN2)CC1. The van der Waals surface area contributed by atoms with E-state index in [4.69, 9.17) is 0 Å². The Kier molecular flexibility index (Phi) is 4.26. The van der Waals surface area contributed by atoms with Crippen LogP contribution in [-0.2, 0) is 0 Å². The van der Waals surface area contributed by atoms with Gasteiger partial charge in [-0.15, -0.1) is 0 Å². The minimum absolute atomic E-state index is 0.755. The summed E-state index contributed by atoms with van der Waals surface area (Å²) in [4.78, 5) is 0. The first-order valence-electron chi connectivity index (χ1n) is 6.42. The molecule has 2 heteroatoms. The Morgan fingerprint density at radius 2 is 1.71 bits per heavy atom. The maximum Gasteiger partial charge on any atom is 0.0192 e. The van der Waals surface area contributed by atoms with E-state index in [0.717, 1.165) is 12.1 Å². The molecule has 82 valence electrons. The molecule has 1 heterocycles. The topological polar surface area (TPSA) is 24.1 Å². The van der Waals surface area contributed by atoms with Crippen molar-refractivity contribution in [2.45, 2.75) is 63.5 Å². The van der Waals surface area contributed by atoms with Gasteiger partial charge in [0.05, 0.1) is 0 Å². The highest BCUT2D eigenvalue weighted by Gasteiger charge is 2.16. The van der Waals surface area contributed by atoms with Crippen LogP contribution in [0.15, 0.2) is 0 Å². The van der Waals surface area contributed by atoms with Crippen LogP contribution >= 0.6 is 0 Å². The summed E-state index contributed by atoms with van der Waals surface area (Å²) in [5.41, 5.74) is 0. The molecule has 0 radical (unpaired) electrons. The van der Waals surface area contributed by atoms with E-state index in [0.29, 0.717) is 0 Å². The van der Waals surface area contributed by atoms with E-state index >= 15 is 0 Å².